The van der Waals surface area contributed by atoms with Gasteiger partial charge in [0.05, 0.1) is 47.9 Å². The largest absolute Gasteiger partial charge is 0.496 e. The molecule has 2 heterocycles. The molecular weight excluding hydrogens is 671 g/mol. The molecule has 50 heavy (non-hydrogen) atoms. The fourth-order valence-electron chi connectivity index (χ4n) is 5.86. The summed E-state index contributed by atoms with van der Waals surface area (Å²) in [6.07, 6.45) is 7.01. The Labute approximate surface area is 297 Å². The first-order valence-corrected chi connectivity index (χ1v) is 16.5. The molecule has 0 saturated heterocycles. The van der Waals surface area contributed by atoms with E-state index in [4.69, 9.17) is 41.8 Å². The van der Waals surface area contributed by atoms with Crippen molar-refractivity contribution in [2.75, 3.05) is 14.2 Å². The third-order valence-electron chi connectivity index (χ3n) is 8.37. The molecule has 6 aromatic rings. The minimum Gasteiger partial charge on any atom is -0.496 e. The van der Waals surface area contributed by atoms with Crippen molar-refractivity contribution in [3.63, 3.8) is 0 Å². The first-order chi connectivity index (χ1) is 24.3. The molecule has 6 nitrogen and oxygen atoms in total. The van der Waals surface area contributed by atoms with E-state index >= 15 is 0 Å². The maximum atomic E-state index is 13.6. The maximum absolute atomic E-state index is 13.6. The van der Waals surface area contributed by atoms with Crippen LogP contribution in [0.25, 0.3) is 46.3 Å². The number of para-hydroxylation sites is 2. The van der Waals surface area contributed by atoms with Gasteiger partial charge >= 0.3 is 11.5 Å². The molecule has 0 amide bonds. The van der Waals surface area contributed by atoms with Gasteiger partial charge in [-0.15, -0.1) is 0 Å². The molecule has 0 bridgehead atoms. The zero-order valence-electron chi connectivity index (χ0n) is 27.0. The van der Waals surface area contributed by atoms with Crippen LogP contribution >= 0.6 is 23.2 Å². The zero-order valence-corrected chi connectivity index (χ0v) is 28.5. The van der Waals surface area contributed by atoms with Crippen LogP contribution < -0.4 is 30.8 Å². The Hall–Kier alpha value is -5.69. The second-order valence-electron chi connectivity index (χ2n) is 11.6. The van der Waals surface area contributed by atoms with E-state index in [1.54, 1.807) is 62.8 Å². The lowest BCUT2D eigenvalue weighted by Gasteiger charge is -2.22. The van der Waals surface area contributed by atoms with Crippen molar-refractivity contribution in [1.82, 2.24) is 0 Å². The van der Waals surface area contributed by atoms with Crippen LogP contribution in [0.1, 0.15) is 16.7 Å². The predicted molar refractivity (Wildman–Crippen MR) is 199 cm³/mol. The molecule has 0 saturated carbocycles. The number of halogens is 2. The van der Waals surface area contributed by atoms with Crippen LogP contribution in [-0.2, 0) is 4.74 Å². The smallest absolute Gasteiger partial charge is 0.365 e. The topological polar surface area (TPSA) is 73.1 Å². The monoisotopic (exact) mass is 699 g/mol. The van der Waals surface area contributed by atoms with Crippen LogP contribution in [0.5, 0.6) is 11.5 Å². The van der Waals surface area contributed by atoms with E-state index in [1.165, 1.54) is 0 Å². The van der Waals surface area contributed by atoms with Crippen LogP contribution in [0.4, 0.5) is 0 Å². The van der Waals surface area contributed by atoms with Crippen LogP contribution in [0.2, 0.25) is 10.0 Å². The summed E-state index contributed by atoms with van der Waals surface area (Å²) in [5.74, 6) is 2.96. The minimum atomic E-state index is -0.428. The summed E-state index contributed by atoms with van der Waals surface area (Å²) in [4.78, 5) is 27.2. The molecule has 1 unspecified atom stereocenters. The standard InChI is InChI=1S/C42H29Cl2O6/c1-47-35-9-5-3-7-31(35)39-23-25(21-37(49-39)27-11-15-29(43)16-12-27)19-33-41(45)34(42(33)46)20-26-22-38(28-13-17-30(44)18-14-28)50-40(24-26)32-8-4-6-10-36(32)48-2/h3-25H,1-2H3/q+1. The van der Waals surface area contributed by atoms with Crippen molar-refractivity contribution in [3.8, 4) is 34.1 Å². The van der Waals surface area contributed by atoms with Crippen molar-refractivity contribution in [3.05, 3.63) is 179 Å². The fraction of sp³-hybridized carbons (Fsp3) is 0.0714. The predicted octanol–water partition coefficient (Wildman–Crippen LogP) is 8.15. The highest BCUT2D eigenvalue weighted by Gasteiger charge is 2.24. The molecule has 1 atom stereocenters. The molecule has 5 aromatic carbocycles. The summed E-state index contributed by atoms with van der Waals surface area (Å²) >= 11 is 12.3. The lowest BCUT2D eigenvalue weighted by atomic mass is 9.97. The SMILES string of the molecule is COc1ccccc1C1=CC(C=c2c(=O)c(=Cc3cc(-c4ccc(Cl)cc4)[o+]c(-c4ccccc4OC)c3)c2=O)C=C(c2ccc(Cl)cc2)O1. The molecule has 1 aliphatic heterocycles. The van der Waals surface area contributed by atoms with Gasteiger partial charge in [-0.25, -0.2) is 4.42 Å². The van der Waals surface area contributed by atoms with E-state index in [2.05, 4.69) is 0 Å². The Kier molecular flexibility index (Phi) is 9.22. The van der Waals surface area contributed by atoms with Gasteiger partial charge in [0, 0.05) is 21.5 Å². The average Bonchev–Trinajstić information content (AvgIpc) is 3.16. The number of allylic oxidation sites excluding steroid dienone is 2. The molecule has 0 N–H and O–H groups in total. The van der Waals surface area contributed by atoms with Crippen molar-refractivity contribution >= 4 is 46.9 Å². The minimum absolute atomic E-state index is 0.0818. The highest BCUT2D eigenvalue weighted by atomic mass is 35.5. The van der Waals surface area contributed by atoms with Crippen molar-refractivity contribution in [2.45, 2.75) is 0 Å². The maximum Gasteiger partial charge on any atom is 0.365 e. The normalized spacial score (nSPS) is 14.0. The van der Waals surface area contributed by atoms with Gasteiger partial charge in [0.2, 0.25) is 10.9 Å². The van der Waals surface area contributed by atoms with Crippen LogP contribution in [0, 0.1) is 5.92 Å². The summed E-state index contributed by atoms with van der Waals surface area (Å²) in [7, 11) is 3.18. The molecule has 1 aromatic heterocycles. The Bertz CT molecular complexity index is 2460. The summed E-state index contributed by atoms with van der Waals surface area (Å²) in [6, 6.07) is 33.0. The first-order valence-electron chi connectivity index (χ1n) is 15.7. The molecule has 0 spiro atoms. The Morgan fingerprint density at radius 1 is 0.640 bits per heavy atom. The van der Waals surface area contributed by atoms with Gasteiger partial charge < -0.3 is 14.2 Å². The van der Waals surface area contributed by atoms with Gasteiger partial charge in [0.15, 0.2) is 0 Å². The molecule has 0 aliphatic carbocycles. The Morgan fingerprint density at radius 3 is 1.82 bits per heavy atom. The lowest BCUT2D eigenvalue weighted by molar-refractivity contribution is 0.404. The van der Waals surface area contributed by atoms with Gasteiger partial charge in [0.1, 0.15) is 28.6 Å². The molecule has 1 aliphatic rings. The molecular formula is C42H29Cl2O6+. The molecule has 0 fully saturated rings. The summed E-state index contributed by atoms with van der Waals surface area (Å²) < 4.78 is 23.8. The van der Waals surface area contributed by atoms with E-state index in [9.17, 15) is 9.59 Å². The number of hydrogen-bond acceptors (Lipinski definition) is 5. The number of methoxy groups -OCH3 is 2. The first kappa shape index (κ1) is 32.8. The fourth-order valence-corrected chi connectivity index (χ4v) is 6.11. The van der Waals surface area contributed by atoms with E-state index in [0.717, 1.165) is 22.3 Å². The highest BCUT2D eigenvalue weighted by Crippen LogP contribution is 2.37. The molecule has 0 radical (unpaired) electrons. The summed E-state index contributed by atoms with van der Waals surface area (Å²) in [5.41, 5.74) is 2.96. The van der Waals surface area contributed by atoms with Crippen LogP contribution in [0.15, 0.2) is 135 Å². The third-order valence-corrected chi connectivity index (χ3v) is 8.88. The summed E-state index contributed by atoms with van der Waals surface area (Å²) in [5, 5.41) is 1.37. The Balaban J connectivity index is 1.33. The second kappa shape index (κ2) is 14.0. The van der Waals surface area contributed by atoms with Crippen molar-refractivity contribution in [1.29, 1.82) is 0 Å². The second-order valence-corrected chi connectivity index (χ2v) is 12.4. The quantitative estimate of drug-likeness (QED) is 0.149. The van der Waals surface area contributed by atoms with Gasteiger partial charge in [-0.3, -0.25) is 9.59 Å². The number of hydrogen-bond donors (Lipinski definition) is 0. The molecule has 7 rings (SSSR count). The number of benzene rings is 4. The Morgan fingerprint density at radius 2 is 1.18 bits per heavy atom. The number of rotatable bonds is 8. The molecule has 8 heteroatoms. The van der Waals surface area contributed by atoms with Gasteiger partial charge in [-0.2, -0.15) is 0 Å². The lowest BCUT2D eigenvalue weighted by Crippen LogP contribution is -2.64. The van der Waals surface area contributed by atoms with Crippen LogP contribution in [0.3, 0.4) is 0 Å². The molecule has 246 valence electrons. The van der Waals surface area contributed by atoms with Gasteiger partial charge in [-0.1, -0.05) is 53.5 Å². The van der Waals surface area contributed by atoms with Crippen molar-refractivity contribution in [2.24, 2.45) is 5.92 Å². The van der Waals surface area contributed by atoms with E-state index < -0.39 is 5.92 Å². The van der Waals surface area contributed by atoms with Gasteiger partial charge in [0.25, 0.3) is 0 Å². The number of ether oxygens (including phenoxy) is 3. The average molecular weight is 701 g/mol. The third kappa shape index (κ3) is 6.64. The zero-order chi connectivity index (χ0) is 34.8. The van der Waals surface area contributed by atoms with E-state index in [-0.39, 0.29) is 21.3 Å². The van der Waals surface area contributed by atoms with E-state index in [1.807, 2.05) is 84.9 Å². The van der Waals surface area contributed by atoms with E-state index in [0.29, 0.717) is 50.1 Å². The highest BCUT2D eigenvalue weighted by molar-refractivity contribution is 6.30. The summed E-state index contributed by atoms with van der Waals surface area (Å²) in [6.45, 7) is 0. The van der Waals surface area contributed by atoms with Gasteiger partial charge in [-0.05, 0) is 96.6 Å². The van der Waals surface area contributed by atoms with Crippen LogP contribution in [-0.4, -0.2) is 14.2 Å². The van der Waals surface area contributed by atoms with Crippen molar-refractivity contribution < 1.29 is 18.6 Å².